The normalized spacial score (nSPS) is 11.6. The van der Waals surface area contributed by atoms with Gasteiger partial charge in [0.1, 0.15) is 16.8 Å². The first kappa shape index (κ1) is 17.6. The molecule has 0 saturated heterocycles. The molecule has 0 aliphatic rings. The van der Waals surface area contributed by atoms with Crippen LogP contribution in [-0.4, -0.2) is 28.6 Å². The Morgan fingerprint density at radius 2 is 1.86 bits per heavy atom. The molecule has 11 heteroatoms. The highest BCUT2D eigenvalue weighted by Crippen LogP contribution is 2.38. The molecule has 1 rings (SSSR count). The number of rotatable bonds is 4. The fourth-order valence-corrected chi connectivity index (χ4v) is 1.62. The number of halogens is 5. The van der Waals surface area contributed by atoms with Crippen LogP contribution in [0.2, 0.25) is 0 Å². The van der Waals surface area contributed by atoms with Gasteiger partial charge in [-0.3, -0.25) is 0 Å². The number of ether oxygens (including phenoxy) is 1. The molecule has 0 saturated carbocycles. The summed E-state index contributed by atoms with van der Waals surface area (Å²) in [5, 5.41) is 8.84. The van der Waals surface area contributed by atoms with E-state index in [1.54, 1.807) is 0 Å². The number of alkyl halides is 5. The van der Waals surface area contributed by atoms with Gasteiger partial charge in [0.05, 0.1) is 12.3 Å². The van der Waals surface area contributed by atoms with Crippen LogP contribution in [-0.2, 0) is 10.9 Å². The summed E-state index contributed by atoms with van der Waals surface area (Å²) in [5.74, 6) is -3.65. The number of esters is 1. The third-order valence-corrected chi connectivity index (χ3v) is 2.43. The van der Waals surface area contributed by atoms with E-state index in [2.05, 4.69) is 9.72 Å². The SMILES string of the molecule is CCOC(=O)c1c(C(F)(F)F)nc(C(F)F)c(C(=O)O)c1N. The van der Waals surface area contributed by atoms with Gasteiger partial charge in [-0.1, -0.05) is 0 Å². The molecule has 1 heterocycles. The van der Waals surface area contributed by atoms with Crippen molar-refractivity contribution in [3.63, 3.8) is 0 Å². The Balaban J connectivity index is 3.83. The number of aromatic nitrogens is 1. The van der Waals surface area contributed by atoms with Crippen molar-refractivity contribution in [1.82, 2.24) is 4.98 Å². The minimum absolute atomic E-state index is 0.339. The van der Waals surface area contributed by atoms with Gasteiger partial charge in [-0.25, -0.2) is 23.4 Å². The Kier molecular flexibility index (Phi) is 4.89. The van der Waals surface area contributed by atoms with Gasteiger partial charge in [0.2, 0.25) is 0 Å². The topological polar surface area (TPSA) is 103 Å². The number of hydrogen-bond donors (Lipinski definition) is 2. The summed E-state index contributed by atoms with van der Waals surface area (Å²) in [6, 6.07) is 0. The van der Waals surface area contributed by atoms with Crippen LogP contribution in [0.25, 0.3) is 0 Å². The summed E-state index contributed by atoms with van der Waals surface area (Å²) in [7, 11) is 0. The van der Waals surface area contributed by atoms with Crippen LogP contribution in [0.15, 0.2) is 0 Å². The molecule has 0 spiro atoms. The van der Waals surface area contributed by atoms with Crippen molar-refractivity contribution in [3.05, 3.63) is 22.5 Å². The van der Waals surface area contributed by atoms with E-state index in [1.807, 2.05) is 0 Å². The van der Waals surface area contributed by atoms with Gasteiger partial charge >= 0.3 is 18.1 Å². The quantitative estimate of drug-likeness (QED) is 0.650. The zero-order valence-corrected chi connectivity index (χ0v) is 10.9. The van der Waals surface area contributed by atoms with E-state index in [0.717, 1.165) is 0 Å². The van der Waals surface area contributed by atoms with Gasteiger partial charge in [-0.05, 0) is 6.92 Å². The highest BCUT2D eigenvalue weighted by atomic mass is 19.4. The molecule has 1 aromatic rings. The molecule has 0 unspecified atom stereocenters. The first-order valence-corrected chi connectivity index (χ1v) is 5.61. The monoisotopic (exact) mass is 328 g/mol. The largest absolute Gasteiger partial charge is 0.478 e. The van der Waals surface area contributed by atoms with Gasteiger partial charge in [-0.2, -0.15) is 13.2 Å². The second-order valence-corrected chi connectivity index (χ2v) is 3.83. The van der Waals surface area contributed by atoms with Crippen molar-refractivity contribution in [1.29, 1.82) is 0 Å². The van der Waals surface area contributed by atoms with Crippen molar-refractivity contribution in [2.24, 2.45) is 0 Å². The lowest BCUT2D eigenvalue weighted by Crippen LogP contribution is -2.24. The molecule has 0 bridgehead atoms. The van der Waals surface area contributed by atoms with E-state index in [0.29, 0.717) is 0 Å². The minimum Gasteiger partial charge on any atom is -0.478 e. The van der Waals surface area contributed by atoms with Gasteiger partial charge in [0, 0.05) is 0 Å². The third-order valence-electron chi connectivity index (χ3n) is 2.43. The molecule has 122 valence electrons. The summed E-state index contributed by atoms with van der Waals surface area (Å²) < 4.78 is 68.5. The molecule has 0 atom stereocenters. The number of nitrogens with two attached hydrogens (primary N) is 1. The van der Waals surface area contributed by atoms with Crippen LogP contribution in [0.1, 0.15) is 45.5 Å². The van der Waals surface area contributed by atoms with Crippen LogP contribution >= 0.6 is 0 Å². The molecule has 22 heavy (non-hydrogen) atoms. The Hall–Kier alpha value is -2.46. The van der Waals surface area contributed by atoms with E-state index in [-0.39, 0.29) is 6.61 Å². The number of aromatic carboxylic acids is 1. The fraction of sp³-hybridized carbons (Fsp3) is 0.364. The average molecular weight is 328 g/mol. The van der Waals surface area contributed by atoms with Crippen molar-refractivity contribution >= 4 is 17.6 Å². The maximum atomic E-state index is 12.9. The van der Waals surface area contributed by atoms with Crippen LogP contribution in [0.5, 0.6) is 0 Å². The summed E-state index contributed by atoms with van der Waals surface area (Å²) in [6.07, 6.45) is -8.94. The van der Waals surface area contributed by atoms with Crippen LogP contribution in [0.4, 0.5) is 27.6 Å². The van der Waals surface area contributed by atoms with Crippen molar-refractivity contribution in [2.75, 3.05) is 12.3 Å². The Bertz CT molecular complexity index is 615. The summed E-state index contributed by atoms with van der Waals surface area (Å²) >= 11 is 0. The lowest BCUT2D eigenvalue weighted by molar-refractivity contribution is -0.142. The molecule has 0 radical (unpaired) electrons. The van der Waals surface area contributed by atoms with E-state index in [9.17, 15) is 31.5 Å². The molecule has 0 fully saturated rings. The number of carbonyl (C=O) groups is 2. The van der Waals surface area contributed by atoms with E-state index >= 15 is 0 Å². The number of carbonyl (C=O) groups excluding carboxylic acids is 1. The standard InChI is InChI=1S/C11H9F5N2O4/c1-2-22-10(21)4-5(17)3(9(19)20)6(8(12)13)18-7(4)11(14,15)16/h8H,2H2,1H3,(H2,17,18)(H,19,20). The first-order valence-electron chi connectivity index (χ1n) is 5.61. The van der Waals surface area contributed by atoms with E-state index in [1.165, 1.54) is 6.92 Å². The number of nitrogen functional groups attached to an aromatic ring is 1. The molecule has 3 N–H and O–H groups in total. The highest BCUT2D eigenvalue weighted by Gasteiger charge is 2.42. The van der Waals surface area contributed by atoms with E-state index in [4.69, 9.17) is 10.8 Å². The number of carboxylic acids is 1. The maximum Gasteiger partial charge on any atom is 0.434 e. The van der Waals surface area contributed by atoms with Crippen LogP contribution in [0.3, 0.4) is 0 Å². The predicted molar refractivity (Wildman–Crippen MR) is 61.5 cm³/mol. The summed E-state index contributed by atoms with van der Waals surface area (Å²) in [5.41, 5.74) is -2.55. The van der Waals surface area contributed by atoms with Crippen molar-refractivity contribution in [3.8, 4) is 0 Å². The lowest BCUT2D eigenvalue weighted by atomic mass is 10.0. The Labute approximate surface area is 119 Å². The molecule has 1 aromatic heterocycles. The second kappa shape index (κ2) is 6.12. The van der Waals surface area contributed by atoms with Crippen molar-refractivity contribution in [2.45, 2.75) is 19.5 Å². The average Bonchev–Trinajstić information content (AvgIpc) is 2.35. The number of hydrogen-bond acceptors (Lipinski definition) is 5. The van der Waals surface area contributed by atoms with Gasteiger partial charge in [-0.15, -0.1) is 0 Å². The molecule has 0 aliphatic carbocycles. The van der Waals surface area contributed by atoms with E-state index < -0.39 is 52.7 Å². The number of carboxylic acid groups (broad SMARTS) is 1. The number of anilines is 1. The second-order valence-electron chi connectivity index (χ2n) is 3.83. The molecular formula is C11H9F5N2O4. The predicted octanol–water partition coefficient (Wildman–Crippen LogP) is 2.50. The number of pyridine rings is 1. The first-order chi connectivity index (χ1) is 10.0. The van der Waals surface area contributed by atoms with Crippen molar-refractivity contribution < 1.29 is 41.4 Å². The molecule has 0 amide bonds. The lowest BCUT2D eigenvalue weighted by Gasteiger charge is -2.17. The van der Waals surface area contributed by atoms with Gasteiger partial charge in [0.15, 0.2) is 5.69 Å². The van der Waals surface area contributed by atoms with Gasteiger partial charge < -0.3 is 15.6 Å². The minimum atomic E-state index is -5.31. The Morgan fingerprint density at radius 1 is 1.32 bits per heavy atom. The molecule has 6 nitrogen and oxygen atoms in total. The third kappa shape index (κ3) is 3.23. The summed E-state index contributed by atoms with van der Waals surface area (Å²) in [4.78, 5) is 25.1. The zero-order valence-electron chi connectivity index (χ0n) is 10.9. The van der Waals surface area contributed by atoms with Crippen LogP contribution < -0.4 is 5.73 Å². The summed E-state index contributed by atoms with van der Waals surface area (Å²) in [6.45, 7) is 0.939. The molecule has 0 aliphatic heterocycles. The van der Waals surface area contributed by atoms with Crippen LogP contribution in [0, 0.1) is 0 Å². The molecule has 0 aromatic carbocycles. The number of nitrogens with zero attached hydrogens (tertiary/aromatic N) is 1. The van der Waals surface area contributed by atoms with Gasteiger partial charge in [0.25, 0.3) is 6.43 Å². The Morgan fingerprint density at radius 3 is 2.23 bits per heavy atom. The smallest absolute Gasteiger partial charge is 0.434 e. The zero-order chi connectivity index (χ0) is 17.2. The molecular weight excluding hydrogens is 319 g/mol. The maximum absolute atomic E-state index is 12.9. The highest BCUT2D eigenvalue weighted by molar-refractivity contribution is 6.04. The fourth-order valence-electron chi connectivity index (χ4n) is 1.62.